The molecule has 2 aliphatic rings. The maximum atomic E-state index is 12.3. The summed E-state index contributed by atoms with van der Waals surface area (Å²) in [6, 6.07) is 0.961. The molecule has 0 aromatic carbocycles. The summed E-state index contributed by atoms with van der Waals surface area (Å²) in [6.45, 7) is 5.64. The molecule has 4 heteroatoms. The number of carbonyl (C=O) groups excluding carboxylic acids is 1. The number of nitrogens with one attached hydrogen (secondary N) is 1. The minimum Gasteiger partial charge on any atom is -0.393 e. The molecule has 1 saturated carbocycles. The van der Waals surface area contributed by atoms with E-state index in [0.717, 1.165) is 32.4 Å². The molecule has 2 N–H and O–H groups in total. The number of rotatable bonds is 6. The molecule has 2 rings (SSSR count). The van der Waals surface area contributed by atoms with Crippen LogP contribution < -0.4 is 5.32 Å². The topological polar surface area (TPSA) is 52.6 Å². The minimum absolute atomic E-state index is 0.223. The Bertz CT molecular complexity index is 340. The normalized spacial score (nSPS) is 28.6. The zero-order chi connectivity index (χ0) is 15.9. The lowest BCUT2D eigenvalue weighted by molar-refractivity contribution is -0.134. The summed E-state index contributed by atoms with van der Waals surface area (Å²) in [5.74, 6) is 0.478. The molecule has 0 aromatic heterocycles. The number of aliphatic hydroxyl groups is 1. The van der Waals surface area contributed by atoms with E-state index in [1.807, 2.05) is 11.8 Å². The van der Waals surface area contributed by atoms with E-state index in [0.29, 0.717) is 18.5 Å². The van der Waals surface area contributed by atoms with Gasteiger partial charge < -0.3 is 15.3 Å². The summed E-state index contributed by atoms with van der Waals surface area (Å²) in [5, 5.41) is 14.1. The molecule has 1 aliphatic heterocycles. The summed E-state index contributed by atoms with van der Waals surface area (Å²) >= 11 is 0. The van der Waals surface area contributed by atoms with Crippen molar-refractivity contribution in [3.05, 3.63) is 0 Å². The van der Waals surface area contributed by atoms with Gasteiger partial charge in [0, 0.05) is 37.5 Å². The van der Waals surface area contributed by atoms with Crippen molar-refractivity contribution in [3.63, 3.8) is 0 Å². The molecule has 128 valence electrons. The predicted octanol–water partition coefficient (Wildman–Crippen LogP) is 2.70. The average Bonchev–Trinajstić information content (AvgIpc) is 2.55. The summed E-state index contributed by atoms with van der Waals surface area (Å²) in [5.41, 5.74) is 0. The minimum atomic E-state index is -0.284. The van der Waals surface area contributed by atoms with E-state index < -0.39 is 0 Å². The molecule has 1 aliphatic carbocycles. The smallest absolute Gasteiger partial charge is 0.222 e. The van der Waals surface area contributed by atoms with Gasteiger partial charge in [0.05, 0.1) is 6.10 Å². The Kier molecular flexibility index (Phi) is 7.16. The average molecular weight is 310 g/mol. The van der Waals surface area contributed by atoms with Gasteiger partial charge in [-0.15, -0.1) is 0 Å². The summed E-state index contributed by atoms with van der Waals surface area (Å²) in [7, 11) is 0. The van der Waals surface area contributed by atoms with Crippen LogP contribution in [0.4, 0.5) is 0 Å². The molecule has 2 fully saturated rings. The Morgan fingerprint density at radius 2 is 1.91 bits per heavy atom. The van der Waals surface area contributed by atoms with Crippen LogP contribution in [0.25, 0.3) is 0 Å². The zero-order valence-corrected chi connectivity index (χ0v) is 14.4. The lowest BCUT2D eigenvalue weighted by Gasteiger charge is -2.41. The van der Waals surface area contributed by atoms with E-state index in [4.69, 9.17) is 0 Å². The molecule has 3 atom stereocenters. The van der Waals surface area contributed by atoms with Gasteiger partial charge in [-0.3, -0.25) is 4.79 Å². The van der Waals surface area contributed by atoms with E-state index in [-0.39, 0.29) is 17.9 Å². The maximum absolute atomic E-state index is 12.3. The SMILES string of the molecule is CCCC(=O)N1CC(NC2CCCCC2)CC(C(O)CC)C1. The standard InChI is InChI=1S/C18H34N2O2/c1-3-8-18(22)20-12-14(17(21)4-2)11-16(13-20)19-15-9-6-5-7-10-15/h14-17,19,21H,3-13H2,1-2H3. The second-order valence-electron chi connectivity index (χ2n) is 7.22. The summed E-state index contributed by atoms with van der Waals surface area (Å²) < 4.78 is 0. The van der Waals surface area contributed by atoms with E-state index in [2.05, 4.69) is 12.2 Å². The first-order valence-electron chi connectivity index (χ1n) is 9.35. The number of carbonyl (C=O) groups is 1. The van der Waals surface area contributed by atoms with Crippen LogP contribution in [0, 0.1) is 5.92 Å². The number of likely N-dealkylation sites (tertiary alicyclic amines) is 1. The first-order valence-corrected chi connectivity index (χ1v) is 9.35. The van der Waals surface area contributed by atoms with Gasteiger partial charge in [0.15, 0.2) is 0 Å². The van der Waals surface area contributed by atoms with Gasteiger partial charge in [-0.25, -0.2) is 0 Å². The van der Waals surface area contributed by atoms with Gasteiger partial charge in [0.1, 0.15) is 0 Å². The van der Waals surface area contributed by atoms with Crippen LogP contribution in [0.2, 0.25) is 0 Å². The quantitative estimate of drug-likeness (QED) is 0.793. The Balaban J connectivity index is 1.96. The van der Waals surface area contributed by atoms with Crippen LogP contribution in [0.5, 0.6) is 0 Å². The van der Waals surface area contributed by atoms with E-state index in [1.165, 1.54) is 32.1 Å². The van der Waals surface area contributed by atoms with Crippen molar-refractivity contribution in [2.75, 3.05) is 13.1 Å². The van der Waals surface area contributed by atoms with E-state index in [1.54, 1.807) is 0 Å². The zero-order valence-electron chi connectivity index (χ0n) is 14.4. The number of nitrogens with zero attached hydrogens (tertiary/aromatic N) is 1. The molecule has 4 nitrogen and oxygen atoms in total. The first-order chi connectivity index (χ1) is 10.6. The summed E-state index contributed by atoms with van der Waals surface area (Å²) in [4.78, 5) is 14.3. The van der Waals surface area contributed by atoms with Gasteiger partial charge in [-0.05, 0) is 32.1 Å². The molecule has 0 bridgehead atoms. The second-order valence-corrected chi connectivity index (χ2v) is 7.22. The maximum Gasteiger partial charge on any atom is 0.222 e. The van der Waals surface area contributed by atoms with Gasteiger partial charge in [0.2, 0.25) is 5.91 Å². The van der Waals surface area contributed by atoms with Crippen molar-refractivity contribution in [2.45, 2.75) is 89.8 Å². The fourth-order valence-electron chi connectivity index (χ4n) is 4.05. The van der Waals surface area contributed by atoms with Crippen LogP contribution in [0.3, 0.4) is 0 Å². The Hall–Kier alpha value is -0.610. The fourth-order valence-corrected chi connectivity index (χ4v) is 4.05. The fraction of sp³-hybridized carbons (Fsp3) is 0.944. The molecule has 3 unspecified atom stereocenters. The predicted molar refractivity (Wildman–Crippen MR) is 89.7 cm³/mol. The Labute approximate surface area is 135 Å². The van der Waals surface area contributed by atoms with Crippen LogP contribution in [-0.4, -0.2) is 47.2 Å². The van der Waals surface area contributed by atoms with Crippen LogP contribution in [-0.2, 0) is 4.79 Å². The molecule has 1 saturated heterocycles. The molecular formula is C18H34N2O2. The lowest BCUT2D eigenvalue weighted by atomic mass is 9.86. The largest absolute Gasteiger partial charge is 0.393 e. The second kappa shape index (κ2) is 8.88. The summed E-state index contributed by atoms with van der Waals surface area (Å²) in [6.07, 6.45) is 9.56. The monoisotopic (exact) mass is 310 g/mol. The molecule has 0 aromatic rings. The molecule has 22 heavy (non-hydrogen) atoms. The molecule has 1 amide bonds. The molecule has 0 spiro atoms. The third kappa shape index (κ3) is 4.95. The van der Waals surface area contributed by atoms with Crippen molar-refractivity contribution in [1.82, 2.24) is 10.2 Å². The number of hydrogen-bond acceptors (Lipinski definition) is 3. The Morgan fingerprint density at radius 3 is 2.55 bits per heavy atom. The van der Waals surface area contributed by atoms with Crippen molar-refractivity contribution in [2.24, 2.45) is 5.92 Å². The highest BCUT2D eigenvalue weighted by Gasteiger charge is 2.33. The van der Waals surface area contributed by atoms with Crippen LogP contribution in [0.15, 0.2) is 0 Å². The van der Waals surface area contributed by atoms with E-state index >= 15 is 0 Å². The first kappa shape index (κ1) is 17.7. The van der Waals surface area contributed by atoms with E-state index in [9.17, 15) is 9.90 Å². The molecule has 1 heterocycles. The van der Waals surface area contributed by atoms with Crippen molar-refractivity contribution >= 4 is 5.91 Å². The van der Waals surface area contributed by atoms with Gasteiger partial charge >= 0.3 is 0 Å². The van der Waals surface area contributed by atoms with Crippen LogP contribution >= 0.6 is 0 Å². The van der Waals surface area contributed by atoms with Gasteiger partial charge in [-0.2, -0.15) is 0 Å². The molecule has 0 radical (unpaired) electrons. The number of piperidine rings is 1. The van der Waals surface area contributed by atoms with Crippen LogP contribution in [0.1, 0.15) is 71.6 Å². The highest BCUT2D eigenvalue weighted by Crippen LogP contribution is 2.25. The third-order valence-electron chi connectivity index (χ3n) is 5.34. The Morgan fingerprint density at radius 1 is 1.18 bits per heavy atom. The third-order valence-corrected chi connectivity index (χ3v) is 5.34. The highest BCUT2D eigenvalue weighted by atomic mass is 16.3. The number of hydrogen-bond donors (Lipinski definition) is 2. The highest BCUT2D eigenvalue weighted by molar-refractivity contribution is 5.76. The lowest BCUT2D eigenvalue weighted by Crippen LogP contribution is -2.55. The molecular weight excluding hydrogens is 276 g/mol. The van der Waals surface area contributed by atoms with Crippen molar-refractivity contribution < 1.29 is 9.90 Å². The van der Waals surface area contributed by atoms with Crippen molar-refractivity contribution in [1.29, 1.82) is 0 Å². The van der Waals surface area contributed by atoms with Gasteiger partial charge in [0.25, 0.3) is 0 Å². The van der Waals surface area contributed by atoms with Crippen molar-refractivity contribution in [3.8, 4) is 0 Å². The number of amides is 1. The number of aliphatic hydroxyl groups excluding tert-OH is 1. The van der Waals surface area contributed by atoms with Gasteiger partial charge in [-0.1, -0.05) is 33.1 Å².